The summed E-state index contributed by atoms with van der Waals surface area (Å²) in [5.74, 6) is -3.18. The lowest BCUT2D eigenvalue weighted by Crippen LogP contribution is -2.56. The van der Waals surface area contributed by atoms with Crippen LogP contribution in [0.5, 0.6) is 0 Å². The number of aliphatic carboxylic acids is 1. The maximum atomic E-state index is 13.7. The van der Waals surface area contributed by atoms with Gasteiger partial charge < -0.3 is 24.7 Å². The summed E-state index contributed by atoms with van der Waals surface area (Å²) in [4.78, 5) is 42.3. The minimum atomic E-state index is -1.05. The van der Waals surface area contributed by atoms with Crippen molar-refractivity contribution in [3.8, 4) is 0 Å². The van der Waals surface area contributed by atoms with Gasteiger partial charge in [0.2, 0.25) is 11.8 Å². The Kier molecular flexibility index (Phi) is 7.18. The first kappa shape index (κ1) is 22.7. The Morgan fingerprint density at radius 2 is 2.10 bits per heavy atom. The number of hydrogen-bond acceptors (Lipinski definition) is 5. The Morgan fingerprint density at radius 3 is 2.73 bits per heavy atom. The number of aliphatic hydroxyl groups is 1. The van der Waals surface area contributed by atoms with Gasteiger partial charge in [0.05, 0.1) is 17.9 Å². The Balaban J connectivity index is 1.92. The third kappa shape index (κ3) is 3.75. The Hall–Kier alpha value is -1.93. The molecule has 0 aromatic heterocycles. The van der Waals surface area contributed by atoms with Gasteiger partial charge in [0.1, 0.15) is 11.6 Å². The fraction of sp³-hybridized carbons (Fsp3) is 0.773. The van der Waals surface area contributed by atoms with E-state index in [0.29, 0.717) is 45.3 Å². The van der Waals surface area contributed by atoms with Crippen molar-refractivity contribution < 1.29 is 29.3 Å². The number of ether oxygens (including phenoxy) is 1. The number of likely N-dealkylation sites (tertiary alicyclic amines) is 1. The van der Waals surface area contributed by atoms with E-state index < -0.39 is 35.6 Å². The van der Waals surface area contributed by atoms with Crippen molar-refractivity contribution >= 4 is 17.8 Å². The van der Waals surface area contributed by atoms with E-state index in [1.807, 2.05) is 0 Å². The van der Waals surface area contributed by atoms with Crippen LogP contribution in [0.4, 0.5) is 0 Å². The van der Waals surface area contributed by atoms with E-state index in [0.717, 1.165) is 19.3 Å². The van der Waals surface area contributed by atoms with Crippen molar-refractivity contribution in [2.75, 3.05) is 26.2 Å². The second kappa shape index (κ2) is 9.47. The molecule has 3 saturated heterocycles. The van der Waals surface area contributed by atoms with E-state index in [1.54, 1.807) is 15.9 Å². The van der Waals surface area contributed by atoms with E-state index in [9.17, 15) is 19.5 Å². The van der Waals surface area contributed by atoms with Crippen molar-refractivity contribution in [3.05, 3.63) is 12.7 Å². The first-order chi connectivity index (χ1) is 14.4. The van der Waals surface area contributed by atoms with Gasteiger partial charge in [-0.05, 0) is 38.5 Å². The average Bonchev–Trinajstić information content (AvgIpc) is 3.35. The highest BCUT2D eigenvalue weighted by Crippen LogP contribution is 2.58. The smallest absolute Gasteiger partial charge is 0.310 e. The van der Waals surface area contributed by atoms with Crippen molar-refractivity contribution in [1.82, 2.24) is 9.80 Å². The molecule has 2 unspecified atom stereocenters. The number of fused-ring (bicyclic) bond motifs is 1. The molecule has 3 fully saturated rings. The SMILES string of the molecule is C=CCN(CCCC)C(=O)C1N(CCCCCO)C(=O)[C@@H]2[C@H](C(=O)O)[C@@H]3CCC12O3. The number of amides is 2. The van der Waals surface area contributed by atoms with Crippen LogP contribution in [-0.2, 0) is 19.1 Å². The fourth-order valence-corrected chi connectivity index (χ4v) is 5.49. The zero-order valence-corrected chi connectivity index (χ0v) is 17.8. The number of carbonyl (C=O) groups excluding carboxylic acids is 2. The minimum Gasteiger partial charge on any atom is -0.481 e. The summed E-state index contributed by atoms with van der Waals surface area (Å²) in [6.07, 6.45) is 6.04. The first-order valence-corrected chi connectivity index (χ1v) is 11.1. The van der Waals surface area contributed by atoms with Gasteiger partial charge >= 0.3 is 5.97 Å². The summed E-state index contributed by atoms with van der Waals surface area (Å²) in [5, 5.41) is 18.8. The van der Waals surface area contributed by atoms with Crippen LogP contribution in [0.1, 0.15) is 51.9 Å². The first-order valence-electron chi connectivity index (χ1n) is 11.1. The maximum absolute atomic E-state index is 13.7. The highest BCUT2D eigenvalue weighted by Gasteiger charge is 2.74. The molecule has 8 heteroatoms. The minimum absolute atomic E-state index is 0.0822. The molecule has 30 heavy (non-hydrogen) atoms. The lowest BCUT2D eigenvalue weighted by molar-refractivity contribution is -0.151. The van der Waals surface area contributed by atoms with Gasteiger partial charge in [-0.15, -0.1) is 6.58 Å². The van der Waals surface area contributed by atoms with Crippen LogP contribution in [0.15, 0.2) is 12.7 Å². The molecule has 0 aromatic carbocycles. The van der Waals surface area contributed by atoms with E-state index in [-0.39, 0.29) is 18.4 Å². The Labute approximate surface area is 177 Å². The molecule has 168 valence electrons. The maximum Gasteiger partial charge on any atom is 0.310 e. The van der Waals surface area contributed by atoms with Crippen molar-refractivity contribution in [3.63, 3.8) is 0 Å². The molecule has 3 aliphatic heterocycles. The molecule has 2 N–H and O–H groups in total. The second-order valence-electron chi connectivity index (χ2n) is 8.64. The monoisotopic (exact) mass is 422 g/mol. The molecule has 3 heterocycles. The van der Waals surface area contributed by atoms with Crippen molar-refractivity contribution in [2.24, 2.45) is 11.8 Å². The van der Waals surface area contributed by atoms with E-state index >= 15 is 0 Å². The summed E-state index contributed by atoms with van der Waals surface area (Å²) in [6, 6.07) is -0.796. The van der Waals surface area contributed by atoms with Crippen LogP contribution in [0.2, 0.25) is 0 Å². The van der Waals surface area contributed by atoms with Gasteiger partial charge in [0.25, 0.3) is 0 Å². The van der Waals surface area contributed by atoms with Gasteiger partial charge in [-0.25, -0.2) is 0 Å². The molecule has 2 amide bonds. The third-order valence-electron chi connectivity index (χ3n) is 6.82. The molecule has 5 atom stereocenters. The van der Waals surface area contributed by atoms with E-state index in [1.165, 1.54) is 0 Å². The molecule has 0 saturated carbocycles. The van der Waals surface area contributed by atoms with Gasteiger partial charge in [0, 0.05) is 26.2 Å². The van der Waals surface area contributed by atoms with Gasteiger partial charge in [-0.3, -0.25) is 14.4 Å². The van der Waals surface area contributed by atoms with Crippen LogP contribution in [0.25, 0.3) is 0 Å². The number of carboxylic acid groups (broad SMARTS) is 1. The number of hydrogen-bond donors (Lipinski definition) is 2. The third-order valence-corrected chi connectivity index (χ3v) is 6.82. The molecular weight excluding hydrogens is 388 g/mol. The molecule has 3 aliphatic rings. The predicted molar refractivity (Wildman–Crippen MR) is 110 cm³/mol. The lowest BCUT2D eigenvalue weighted by Gasteiger charge is -2.36. The normalized spacial score (nSPS) is 31.8. The van der Waals surface area contributed by atoms with Crippen LogP contribution in [0, 0.1) is 11.8 Å². The van der Waals surface area contributed by atoms with Gasteiger partial charge in [-0.2, -0.15) is 0 Å². The number of unbranched alkanes of at least 4 members (excludes halogenated alkanes) is 3. The van der Waals surface area contributed by atoms with Crippen molar-refractivity contribution in [2.45, 2.75) is 69.6 Å². The molecule has 0 aliphatic carbocycles. The standard InChI is InChI=1S/C22H34N2O6/c1-3-5-12-23(11-4-2)20(27)18-22-10-9-15(30-22)16(21(28)29)17(22)19(26)24(18)13-7-6-8-14-25/h4,15-18,25H,2-3,5-14H2,1H3,(H,28,29)/t15-,16+,17-,18?,22?/m0/s1. The molecular formula is C22H34N2O6. The predicted octanol–water partition coefficient (Wildman–Crippen LogP) is 1.42. The second-order valence-corrected chi connectivity index (χ2v) is 8.64. The number of nitrogens with zero attached hydrogens (tertiary/aromatic N) is 2. The summed E-state index contributed by atoms with van der Waals surface area (Å²) >= 11 is 0. The van der Waals surface area contributed by atoms with Crippen LogP contribution < -0.4 is 0 Å². The molecule has 3 rings (SSSR count). The summed E-state index contributed by atoms with van der Waals surface area (Å²) < 4.78 is 6.20. The van der Waals surface area contributed by atoms with Gasteiger partial charge in [-0.1, -0.05) is 19.4 Å². The molecule has 0 aromatic rings. The van der Waals surface area contributed by atoms with Crippen molar-refractivity contribution in [1.29, 1.82) is 0 Å². The van der Waals surface area contributed by atoms with Crippen LogP contribution in [0.3, 0.4) is 0 Å². The highest BCUT2D eigenvalue weighted by atomic mass is 16.5. The van der Waals surface area contributed by atoms with E-state index in [4.69, 9.17) is 9.84 Å². The van der Waals surface area contributed by atoms with Crippen LogP contribution in [-0.4, -0.2) is 81.8 Å². The van der Waals surface area contributed by atoms with Gasteiger partial charge in [0.15, 0.2) is 0 Å². The quantitative estimate of drug-likeness (QED) is 0.364. The largest absolute Gasteiger partial charge is 0.481 e. The molecule has 0 radical (unpaired) electrons. The lowest BCUT2D eigenvalue weighted by atomic mass is 9.70. The molecule has 8 nitrogen and oxygen atoms in total. The topological polar surface area (TPSA) is 107 Å². The Morgan fingerprint density at radius 1 is 1.33 bits per heavy atom. The zero-order chi connectivity index (χ0) is 21.9. The van der Waals surface area contributed by atoms with E-state index in [2.05, 4.69) is 13.5 Å². The molecule has 1 spiro atoms. The average molecular weight is 423 g/mol. The number of carbonyl (C=O) groups is 3. The highest BCUT2D eigenvalue weighted by molar-refractivity contribution is 5.98. The van der Waals surface area contributed by atoms with Crippen LogP contribution >= 0.6 is 0 Å². The summed E-state index contributed by atoms with van der Waals surface area (Å²) in [7, 11) is 0. The summed E-state index contributed by atoms with van der Waals surface area (Å²) in [6.45, 7) is 7.21. The fourth-order valence-electron chi connectivity index (χ4n) is 5.49. The summed E-state index contributed by atoms with van der Waals surface area (Å²) in [5.41, 5.74) is -1.05. The zero-order valence-electron chi connectivity index (χ0n) is 17.8. The number of aliphatic hydroxyl groups excluding tert-OH is 1. The number of carboxylic acids is 1. The Bertz CT molecular complexity index is 683. The number of rotatable bonds is 12. The molecule has 2 bridgehead atoms.